The molecule has 0 radical (unpaired) electrons. The van der Waals surface area contributed by atoms with Crippen molar-refractivity contribution in [2.45, 2.75) is 33.7 Å². The van der Waals surface area contributed by atoms with E-state index in [2.05, 4.69) is 21.7 Å². The molecule has 0 saturated carbocycles. The van der Waals surface area contributed by atoms with E-state index < -0.39 is 0 Å². The van der Waals surface area contributed by atoms with Crippen molar-refractivity contribution in [3.63, 3.8) is 0 Å². The largest absolute Gasteiger partial charge is 0.469 e. The fraction of sp³-hybridized carbons (Fsp3) is 0.667. The van der Waals surface area contributed by atoms with Crippen LogP contribution >= 0.6 is 0 Å². The van der Waals surface area contributed by atoms with Crippen LogP contribution in [-0.2, 0) is 16.1 Å². The number of rotatable bonds is 6. The summed E-state index contributed by atoms with van der Waals surface area (Å²) in [5, 5.41) is 3.92. The normalized spacial score (nSPS) is 10.9. The molecule has 0 aliphatic heterocycles. The van der Waals surface area contributed by atoms with Crippen molar-refractivity contribution in [1.29, 1.82) is 0 Å². The Bertz CT molecular complexity index is 354. The fourth-order valence-electron chi connectivity index (χ4n) is 1.65. The molecule has 0 spiro atoms. The quantitative estimate of drug-likeness (QED) is 0.708. The average molecular weight is 240 g/mol. The van der Waals surface area contributed by atoms with Gasteiger partial charge in [-0.2, -0.15) is 0 Å². The zero-order valence-corrected chi connectivity index (χ0v) is 10.9. The summed E-state index contributed by atoms with van der Waals surface area (Å²) in [6, 6.07) is 0. The molecule has 5 nitrogen and oxygen atoms in total. The molecule has 0 aliphatic carbocycles. The molecule has 0 amide bonds. The Morgan fingerprint density at radius 2 is 2.18 bits per heavy atom. The molecule has 1 rings (SSSR count). The Labute approximate surface area is 102 Å². The molecule has 0 N–H and O–H groups in total. The third kappa shape index (κ3) is 3.85. The highest BCUT2D eigenvalue weighted by Crippen LogP contribution is 2.14. The van der Waals surface area contributed by atoms with Gasteiger partial charge in [0.1, 0.15) is 5.76 Å². The van der Waals surface area contributed by atoms with Crippen molar-refractivity contribution >= 4 is 5.97 Å². The molecule has 0 unspecified atom stereocenters. The molecule has 1 aromatic heterocycles. The lowest BCUT2D eigenvalue weighted by Gasteiger charge is -2.19. The van der Waals surface area contributed by atoms with Crippen molar-refractivity contribution in [2.75, 3.05) is 20.2 Å². The van der Waals surface area contributed by atoms with Crippen LogP contribution < -0.4 is 0 Å². The summed E-state index contributed by atoms with van der Waals surface area (Å²) in [5.41, 5.74) is 2.02. The maximum atomic E-state index is 11.1. The number of carbonyl (C=O) groups excluding carboxylic acids is 1. The van der Waals surface area contributed by atoms with E-state index in [1.165, 1.54) is 7.11 Å². The lowest BCUT2D eigenvalue weighted by Crippen LogP contribution is -2.26. The molecule has 1 aromatic rings. The second kappa shape index (κ2) is 6.39. The van der Waals surface area contributed by atoms with Gasteiger partial charge in [-0.1, -0.05) is 12.1 Å². The molecule has 0 bridgehead atoms. The van der Waals surface area contributed by atoms with E-state index in [1.807, 2.05) is 13.8 Å². The number of esters is 1. The standard InChI is InChI=1S/C12H20N2O3/c1-5-14(7-6-12(15)16-4)8-11-9(2)13-17-10(11)3/h5-8H2,1-4H3. The Balaban J connectivity index is 2.55. The predicted molar refractivity (Wildman–Crippen MR) is 63.6 cm³/mol. The minimum atomic E-state index is -0.179. The van der Waals surface area contributed by atoms with Crippen molar-refractivity contribution in [2.24, 2.45) is 0 Å². The van der Waals surface area contributed by atoms with E-state index in [4.69, 9.17) is 4.52 Å². The fourth-order valence-corrected chi connectivity index (χ4v) is 1.65. The van der Waals surface area contributed by atoms with E-state index in [-0.39, 0.29) is 5.97 Å². The number of aryl methyl sites for hydroxylation is 2. The second-order valence-corrected chi connectivity index (χ2v) is 4.00. The molecule has 96 valence electrons. The average Bonchev–Trinajstić information content (AvgIpc) is 2.64. The summed E-state index contributed by atoms with van der Waals surface area (Å²) >= 11 is 0. The smallest absolute Gasteiger partial charge is 0.306 e. The van der Waals surface area contributed by atoms with Gasteiger partial charge in [-0.25, -0.2) is 0 Å². The summed E-state index contributed by atoms with van der Waals surface area (Å²) in [7, 11) is 1.41. The van der Waals surface area contributed by atoms with Crippen molar-refractivity contribution in [3.05, 3.63) is 17.0 Å². The SMILES string of the molecule is CCN(CCC(=O)OC)Cc1c(C)noc1C. The lowest BCUT2D eigenvalue weighted by atomic mass is 10.2. The zero-order chi connectivity index (χ0) is 12.8. The van der Waals surface area contributed by atoms with Gasteiger partial charge in [-0.05, 0) is 20.4 Å². The number of ether oxygens (including phenoxy) is 1. The van der Waals surface area contributed by atoms with E-state index >= 15 is 0 Å². The zero-order valence-electron chi connectivity index (χ0n) is 10.9. The minimum Gasteiger partial charge on any atom is -0.469 e. The summed E-state index contributed by atoms with van der Waals surface area (Å²) < 4.78 is 9.75. The molecular formula is C12H20N2O3. The first kappa shape index (κ1) is 13.7. The van der Waals surface area contributed by atoms with Gasteiger partial charge in [0.25, 0.3) is 0 Å². The van der Waals surface area contributed by atoms with Gasteiger partial charge >= 0.3 is 5.97 Å². The van der Waals surface area contributed by atoms with Crippen LogP contribution in [0.2, 0.25) is 0 Å². The Morgan fingerprint density at radius 3 is 2.65 bits per heavy atom. The first-order chi connectivity index (χ1) is 8.08. The molecule has 5 heteroatoms. The molecule has 0 aliphatic rings. The van der Waals surface area contributed by atoms with E-state index in [0.29, 0.717) is 13.0 Å². The Kier molecular flexibility index (Phi) is 5.15. The Hall–Kier alpha value is -1.36. The van der Waals surface area contributed by atoms with E-state index in [1.54, 1.807) is 0 Å². The first-order valence-electron chi connectivity index (χ1n) is 5.79. The highest BCUT2D eigenvalue weighted by molar-refractivity contribution is 5.69. The minimum absolute atomic E-state index is 0.179. The monoisotopic (exact) mass is 240 g/mol. The van der Waals surface area contributed by atoms with Crippen molar-refractivity contribution in [1.82, 2.24) is 10.1 Å². The first-order valence-corrected chi connectivity index (χ1v) is 5.79. The summed E-state index contributed by atoms with van der Waals surface area (Å²) in [4.78, 5) is 13.3. The number of methoxy groups -OCH3 is 1. The number of hydrogen-bond donors (Lipinski definition) is 0. The van der Waals surface area contributed by atoms with Crippen LogP contribution in [0.1, 0.15) is 30.4 Å². The highest BCUT2D eigenvalue weighted by Gasteiger charge is 2.13. The van der Waals surface area contributed by atoms with Gasteiger partial charge in [0.05, 0.1) is 19.2 Å². The van der Waals surface area contributed by atoms with Crippen LogP contribution in [0.3, 0.4) is 0 Å². The van der Waals surface area contributed by atoms with Gasteiger partial charge < -0.3 is 9.26 Å². The molecule has 17 heavy (non-hydrogen) atoms. The molecular weight excluding hydrogens is 220 g/mol. The van der Waals surface area contributed by atoms with Gasteiger partial charge in [0.15, 0.2) is 0 Å². The highest BCUT2D eigenvalue weighted by atomic mass is 16.5. The molecule has 0 atom stereocenters. The van der Waals surface area contributed by atoms with Crippen LogP contribution in [-0.4, -0.2) is 36.2 Å². The number of hydrogen-bond acceptors (Lipinski definition) is 5. The van der Waals surface area contributed by atoms with Crippen LogP contribution in [0.4, 0.5) is 0 Å². The van der Waals surface area contributed by atoms with Crippen LogP contribution in [0, 0.1) is 13.8 Å². The molecule has 1 heterocycles. The predicted octanol–water partition coefficient (Wildman–Crippen LogP) is 1.68. The number of carbonyl (C=O) groups is 1. The molecule has 0 fully saturated rings. The second-order valence-electron chi connectivity index (χ2n) is 4.00. The summed E-state index contributed by atoms with van der Waals surface area (Å²) in [6.07, 6.45) is 0.410. The lowest BCUT2D eigenvalue weighted by molar-refractivity contribution is -0.141. The third-order valence-corrected chi connectivity index (χ3v) is 2.87. The molecule has 0 aromatic carbocycles. The van der Waals surface area contributed by atoms with Crippen LogP contribution in [0.25, 0.3) is 0 Å². The third-order valence-electron chi connectivity index (χ3n) is 2.87. The Morgan fingerprint density at radius 1 is 1.47 bits per heavy atom. The van der Waals surface area contributed by atoms with Crippen molar-refractivity contribution in [3.8, 4) is 0 Å². The van der Waals surface area contributed by atoms with Gasteiger partial charge in [-0.15, -0.1) is 0 Å². The topological polar surface area (TPSA) is 55.6 Å². The van der Waals surface area contributed by atoms with Crippen LogP contribution in [0.5, 0.6) is 0 Å². The van der Waals surface area contributed by atoms with Crippen molar-refractivity contribution < 1.29 is 14.1 Å². The summed E-state index contributed by atoms with van der Waals surface area (Å²) in [5.74, 6) is 0.668. The van der Waals surface area contributed by atoms with Gasteiger partial charge in [-0.3, -0.25) is 9.69 Å². The molecule has 0 saturated heterocycles. The van der Waals surface area contributed by atoms with E-state index in [9.17, 15) is 4.79 Å². The number of nitrogens with zero attached hydrogens (tertiary/aromatic N) is 2. The maximum absolute atomic E-state index is 11.1. The van der Waals surface area contributed by atoms with E-state index in [0.717, 1.165) is 30.1 Å². The van der Waals surface area contributed by atoms with Crippen LogP contribution in [0.15, 0.2) is 4.52 Å². The maximum Gasteiger partial charge on any atom is 0.306 e. The van der Waals surface area contributed by atoms with Gasteiger partial charge in [0, 0.05) is 18.7 Å². The summed E-state index contributed by atoms with van der Waals surface area (Å²) in [6.45, 7) is 8.22. The van der Waals surface area contributed by atoms with Gasteiger partial charge in [0.2, 0.25) is 0 Å². The number of aromatic nitrogens is 1.